The predicted molar refractivity (Wildman–Crippen MR) is 216 cm³/mol. The number of nitrogens with one attached hydrogen (secondary N) is 1. The van der Waals surface area contributed by atoms with Crippen LogP contribution in [-0.2, 0) is 21.6 Å². The van der Waals surface area contributed by atoms with Gasteiger partial charge in [0.05, 0.1) is 12.1 Å². The molecule has 11 nitrogen and oxygen atoms in total. The van der Waals surface area contributed by atoms with E-state index in [1.165, 1.54) is 5.56 Å². The fourth-order valence-electron chi connectivity index (χ4n) is 6.43. The summed E-state index contributed by atoms with van der Waals surface area (Å²) in [6.07, 6.45) is 7.76. The molecular formula is C40H56ClN5O6S. The third kappa shape index (κ3) is 16.5. The summed E-state index contributed by atoms with van der Waals surface area (Å²) < 4.78 is 31.6. The monoisotopic (exact) mass is 769 g/mol. The van der Waals surface area contributed by atoms with E-state index in [1.54, 1.807) is 0 Å². The van der Waals surface area contributed by atoms with Gasteiger partial charge < -0.3 is 25.1 Å². The number of likely N-dealkylation sites (N-methyl/N-ethyl adjacent to an activating group) is 1. The van der Waals surface area contributed by atoms with Crippen LogP contribution in [0.15, 0.2) is 91.1 Å². The van der Waals surface area contributed by atoms with Crippen LogP contribution in [0.5, 0.6) is 0 Å². The molecule has 4 N–H and O–H groups in total. The van der Waals surface area contributed by atoms with Gasteiger partial charge >= 0.3 is 10.4 Å². The van der Waals surface area contributed by atoms with E-state index in [4.69, 9.17) is 34.2 Å². The van der Waals surface area contributed by atoms with Gasteiger partial charge in [-0.05, 0) is 94.1 Å². The number of para-hydroxylation sites is 1. The Balaban J connectivity index is 0.000000254. The molecule has 1 fully saturated rings. The Kier molecular flexibility index (Phi) is 19.2. The Morgan fingerprint density at radius 3 is 2.23 bits per heavy atom. The van der Waals surface area contributed by atoms with Gasteiger partial charge in [-0.25, -0.2) is 0 Å². The highest BCUT2D eigenvalue weighted by Gasteiger charge is 2.28. The minimum absolute atomic E-state index is 0.229. The van der Waals surface area contributed by atoms with Gasteiger partial charge in [0.15, 0.2) is 0 Å². The molecule has 0 radical (unpaired) electrons. The van der Waals surface area contributed by atoms with Crippen LogP contribution in [0.4, 0.5) is 11.4 Å². The second-order valence-corrected chi connectivity index (χ2v) is 14.4. The van der Waals surface area contributed by atoms with E-state index >= 15 is 0 Å². The standard InChI is InChI=1S/C22H28N2O.C18H26ClN3O.H2O4S/c1-2-22(25)24(20-11-7-4-8-12-20)21-14-17-23(18-15-21)16-13-19-9-5-3-6-10-19;1-3-22(11-12-23)10-4-5-14(2)21-17-8-9-20-18-13-15(19)6-7-16(17)18;1-5(2,3)4/h3-12,21H,2,13-18H2,1H3;6-9,13-14,23H,3-5,10-12H2,1-2H3,(H,20,21);(H2,1,2,3,4). The number of aromatic nitrogens is 1. The number of halogens is 1. The Labute approximate surface area is 320 Å². The van der Waals surface area contributed by atoms with Crippen LogP contribution in [-0.4, -0.2) is 101 Å². The first kappa shape index (κ1) is 43.8. The molecule has 4 aromatic rings. The maximum atomic E-state index is 12.5. The number of carbonyl (C=O) groups excluding carboxylic acids is 1. The van der Waals surface area contributed by atoms with E-state index in [1.807, 2.05) is 60.5 Å². The number of carbonyl (C=O) groups is 1. The van der Waals surface area contributed by atoms with Gasteiger partial charge in [-0.2, -0.15) is 8.42 Å². The van der Waals surface area contributed by atoms with Crippen molar-refractivity contribution in [3.63, 3.8) is 0 Å². The lowest BCUT2D eigenvalue weighted by atomic mass is 10.0. The number of amides is 1. The number of benzene rings is 3. The highest BCUT2D eigenvalue weighted by atomic mass is 35.5. The van der Waals surface area contributed by atoms with Crippen LogP contribution in [0.2, 0.25) is 5.02 Å². The third-order valence-corrected chi connectivity index (χ3v) is 9.40. The molecule has 53 heavy (non-hydrogen) atoms. The van der Waals surface area contributed by atoms with Gasteiger partial charge in [0, 0.05) is 72.7 Å². The van der Waals surface area contributed by atoms with Crippen molar-refractivity contribution in [3.05, 3.63) is 102 Å². The first-order valence-corrected chi connectivity index (χ1v) is 20.2. The number of pyridine rings is 1. The van der Waals surface area contributed by atoms with Crippen molar-refractivity contribution in [1.29, 1.82) is 0 Å². The highest BCUT2D eigenvalue weighted by Crippen LogP contribution is 2.26. The maximum absolute atomic E-state index is 12.5. The fraction of sp³-hybridized carbons (Fsp3) is 0.450. The summed E-state index contributed by atoms with van der Waals surface area (Å²) in [5, 5.41) is 14.4. The molecule has 1 aliphatic heterocycles. The van der Waals surface area contributed by atoms with E-state index < -0.39 is 10.4 Å². The minimum atomic E-state index is -4.67. The van der Waals surface area contributed by atoms with Crippen LogP contribution < -0.4 is 10.2 Å². The summed E-state index contributed by atoms with van der Waals surface area (Å²) in [7, 11) is -4.67. The topological polar surface area (TPSA) is 147 Å². The Hall–Kier alpha value is -3.62. The average Bonchev–Trinajstić information content (AvgIpc) is 3.14. The number of fused-ring (bicyclic) bond motifs is 1. The Morgan fingerprint density at radius 2 is 1.62 bits per heavy atom. The van der Waals surface area contributed by atoms with Crippen molar-refractivity contribution in [2.75, 3.05) is 56.1 Å². The first-order chi connectivity index (χ1) is 25.4. The van der Waals surface area contributed by atoms with E-state index in [2.05, 4.69) is 76.4 Å². The smallest absolute Gasteiger partial charge is 0.394 e. The highest BCUT2D eigenvalue weighted by molar-refractivity contribution is 7.79. The average molecular weight is 770 g/mol. The summed E-state index contributed by atoms with van der Waals surface area (Å²) in [6, 6.07) is 29.3. The second kappa shape index (κ2) is 23.2. The number of piperidine rings is 1. The normalized spacial score (nSPS) is 14.1. The quantitative estimate of drug-likeness (QED) is 0.0911. The van der Waals surface area contributed by atoms with Gasteiger partial charge in [0.25, 0.3) is 0 Å². The number of hydrogen-bond acceptors (Lipinski definition) is 8. The molecule has 0 saturated carbocycles. The summed E-state index contributed by atoms with van der Waals surface area (Å²) in [5.41, 5.74) is 4.45. The Morgan fingerprint density at radius 1 is 0.981 bits per heavy atom. The summed E-state index contributed by atoms with van der Waals surface area (Å²) in [4.78, 5) is 23.7. The minimum Gasteiger partial charge on any atom is -0.395 e. The van der Waals surface area contributed by atoms with Crippen molar-refractivity contribution < 1.29 is 27.4 Å². The number of likely N-dealkylation sites (tertiary alicyclic amines) is 1. The molecular weight excluding hydrogens is 714 g/mol. The fourth-order valence-corrected chi connectivity index (χ4v) is 6.59. The lowest BCUT2D eigenvalue weighted by Crippen LogP contribution is -2.47. The molecule has 1 unspecified atom stereocenters. The largest absolute Gasteiger partial charge is 0.395 e. The zero-order chi connectivity index (χ0) is 38.6. The molecule has 1 aromatic heterocycles. The third-order valence-electron chi connectivity index (χ3n) is 9.17. The number of aliphatic hydroxyl groups excluding tert-OH is 1. The van der Waals surface area contributed by atoms with Crippen molar-refractivity contribution in [2.24, 2.45) is 0 Å². The molecule has 2 heterocycles. The van der Waals surface area contributed by atoms with Crippen LogP contribution in [0, 0.1) is 0 Å². The van der Waals surface area contributed by atoms with Crippen LogP contribution in [0.3, 0.4) is 0 Å². The molecule has 0 bridgehead atoms. The van der Waals surface area contributed by atoms with Crippen LogP contribution >= 0.6 is 11.6 Å². The summed E-state index contributed by atoms with van der Waals surface area (Å²) >= 11 is 6.03. The molecule has 3 aromatic carbocycles. The molecule has 0 spiro atoms. The van der Waals surface area contributed by atoms with Crippen molar-refractivity contribution >= 4 is 50.2 Å². The molecule has 0 aliphatic carbocycles. The summed E-state index contributed by atoms with van der Waals surface area (Å²) in [5.74, 6) is 0.230. The molecule has 5 rings (SSSR count). The van der Waals surface area contributed by atoms with E-state index in [-0.39, 0.29) is 12.5 Å². The number of hydrogen-bond donors (Lipinski definition) is 4. The van der Waals surface area contributed by atoms with Crippen molar-refractivity contribution in [2.45, 2.75) is 71.4 Å². The molecule has 1 atom stereocenters. The molecule has 290 valence electrons. The van der Waals surface area contributed by atoms with Crippen molar-refractivity contribution in [1.82, 2.24) is 14.8 Å². The number of aliphatic hydroxyl groups is 1. The zero-order valence-corrected chi connectivity index (χ0v) is 32.7. The SMILES string of the molecule is CCC(=O)N(c1ccccc1)C1CCN(CCc2ccccc2)CC1.CCN(CCO)CCCC(C)Nc1ccnc2cc(Cl)ccc12.O=S(=O)(O)O. The molecule has 1 saturated heterocycles. The second-order valence-electron chi connectivity index (χ2n) is 13.1. The van der Waals surface area contributed by atoms with Gasteiger partial charge in [-0.3, -0.25) is 18.9 Å². The zero-order valence-electron chi connectivity index (χ0n) is 31.1. The van der Waals surface area contributed by atoms with E-state index in [9.17, 15) is 4.79 Å². The molecule has 1 aliphatic rings. The first-order valence-electron chi connectivity index (χ1n) is 18.4. The van der Waals surface area contributed by atoms with Gasteiger partial charge in [0.1, 0.15) is 0 Å². The van der Waals surface area contributed by atoms with Gasteiger partial charge in [-0.15, -0.1) is 0 Å². The maximum Gasteiger partial charge on any atom is 0.394 e. The number of nitrogens with zero attached hydrogens (tertiary/aromatic N) is 4. The summed E-state index contributed by atoms with van der Waals surface area (Å²) in [6.45, 7) is 12.5. The Bertz CT molecular complexity index is 1740. The van der Waals surface area contributed by atoms with E-state index in [0.29, 0.717) is 23.5 Å². The molecule has 1 amide bonds. The predicted octanol–water partition coefficient (Wildman–Crippen LogP) is 7.27. The van der Waals surface area contributed by atoms with Crippen LogP contribution in [0.1, 0.15) is 58.4 Å². The van der Waals surface area contributed by atoms with E-state index in [0.717, 1.165) is 93.7 Å². The lowest BCUT2D eigenvalue weighted by Gasteiger charge is -2.38. The van der Waals surface area contributed by atoms with Gasteiger partial charge in [0.2, 0.25) is 5.91 Å². The number of anilines is 2. The van der Waals surface area contributed by atoms with Crippen LogP contribution in [0.25, 0.3) is 10.9 Å². The number of rotatable bonds is 15. The van der Waals surface area contributed by atoms with Gasteiger partial charge in [-0.1, -0.05) is 74.0 Å². The van der Waals surface area contributed by atoms with Crippen molar-refractivity contribution in [3.8, 4) is 0 Å². The lowest BCUT2D eigenvalue weighted by molar-refractivity contribution is -0.119. The molecule has 13 heteroatoms.